The van der Waals surface area contributed by atoms with E-state index in [1.807, 2.05) is 42.5 Å². The van der Waals surface area contributed by atoms with E-state index in [-0.39, 0.29) is 6.10 Å². The Hall–Kier alpha value is -1.08. The summed E-state index contributed by atoms with van der Waals surface area (Å²) in [5.74, 6) is 0. The standard InChI is InChI=1S/C15H22O/c1-2-3-4-8-11-15(16)13-12-14-9-6-5-7-10-14/h5-7,9-10,12-13,15-16H,2-4,8,11H2,1H3. The predicted molar refractivity (Wildman–Crippen MR) is 70.2 cm³/mol. The zero-order valence-corrected chi connectivity index (χ0v) is 10.1. The summed E-state index contributed by atoms with van der Waals surface area (Å²) in [5.41, 5.74) is 1.15. The summed E-state index contributed by atoms with van der Waals surface area (Å²) in [4.78, 5) is 0. The van der Waals surface area contributed by atoms with Crippen LogP contribution in [0.15, 0.2) is 36.4 Å². The molecule has 0 aliphatic rings. The number of hydrogen-bond donors (Lipinski definition) is 1. The molecule has 0 aliphatic heterocycles. The lowest BCUT2D eigenvalue weighted by molar-refractivity contribution is 0.209. The van der Waals surface area contributed by atoms with E-state index in [1.54, 1.807) is 0 Å². The molecule has 0 saturated heterocycles. The van der Waals surface area contributed by atoms with Gasteiger partial charge in [0, 0.05) is 0 Å². The molecule has 1 atom stereocenters. The molecule has 1 rings (SSSR count). The van der Waals surface area contributed by atoms with Crippen molar-refractivity contribution in [2.24, 2.45) is 0 Å². The Balaban J connectivity index is 2.23. The minimum Gasteiger partial charge on any atom is -0.389 e. The lowest BCUT2D eigenvalue weighted by Crippen LogP contribution is -2.01. The maximum Gasteiger partial charge on any atom is 0.0724 e. The molecular weight excluding hydrogens is 196 g/mol. The van der Waals surface area contributed by atoms with Crippen LogP contribution < -0.4 is 0 Å². The lowest BCUT2D eigenvalue weighted by atomic mass is 10.1. The fraction of sp³-hybridized carbons (Fsp3) is 0.467. The minimum absolute atomic E-state index is 0.294. The van der Waals surface area contributed by atoms with E-state index in [1.165, 1.54) is 19.3 Å². The zero-order valence-electron chi connectivity index (χ0n) is 10.1. The van der Waals surface area contributed by atoms with Gasteiger partial charge < -0.3 is 5.11 Å². The monoisotopic (exact) mass is 218 g/mol. The second-order valence-electron chi connectivity index (χ2n) is 4.19. The number of aliphatic hydroxyl groups excluding tert-OH is 1. The Morgan fingerprint density at radius 3 is 2.56 bits per heavy atom. The number of rotatable bonds is 7. The molecule has 0 radical (unpaired) electrons. The topological polar surface area (TPSA) is 20.2 Å². The Labute approximate surface area is 98.8 Å². The Bertz CT molecular complexity index is 290. The molecule has 1 heteroatoms. The highest BCUT2D eigenvalue weighted by Crippen LogP contribution is 2.08. The van der Waals surface area contributed by atoms with Gasteiger partial charge >= 0.3 is 0 Å². The van der Waals surface area contributed by atoms with E-state index < -0.39 is 0 Å². The molecule has 16 heavy (non-hydrogen) atoms. The Kier molecular flexibility index (Phi) is 6.59. The van der Waals surface area contributed by atoms with Gasteiger partial charge in [-0.2, -0.15) is 0 Å². The highest BCUT2D eigenvalue weighted by atomic mass is 16.3. The smallest absolute Gasteiger partial charge is 0.0724 e. The highest BCUT2D eigenvalue weighted by molar-refractivity contribution is 5.49. The Morgan fingerprint density at radius 1 is 1.12 bits per heavy atom. The van der Waals surface area contributed by atoms with Crippen LogP contribution in [-0.4, -0.2) is 11.2 Å². The number of hydrogen-bond acceptors (Lipinski definition) is 1. The van der Waals surface area contributed by atoms with Gasteiger partial charge in [0.1, 0.15) is 0 Å². The first-order valence-corrected chi connectivity index (χ1v) is 6.24. The largest absolute Gasteiger partial charge is 0.389 e. The van der Waals surface area contributed by atoms with Crippen molar-refractivity contribution in [3.05, 3.63) is 42.0 Å². The van der Waals surface area contributed by atoms with Crippen LogP contribution in [0.1, 0.15) is 44.6 Å². The number of unbranched alkanes of at least 4 members (excludes halogenated alkanes) is 3. The lowest BCUT2D eigenvalue weighted by Gasteiger charge is -2.04. The van der Waals surface area contributed by atoms with E-state index in [4.69, 9.17) is 0 Å². The molecule has 88 valence electrons. The molecule has 1 nitrogen and oxygen atoms in total. The second-order valence-corrected chi connectivity index (χ2v) is 4.19. The van der Waals surface area contributed by atoms with Crippen LogP contribution in [-0.2, 0) is 0 Å². The maximum absolute atomic E-state index is 9.72. The molecule has 0 saturated carbocycles. The summed E-state index contributed by atoms with van der Waals surface area (Å²) in [6.07, 6.45) is 9.33. The molecule has 1 aromatic rings. The number of aliphatic hydroxyl groups is 1. The van der Waals surface area contributed by atoms with Crippen molar-refractivity contribution in [3.8, 4) is 0 Å². The van der Waals surface area contributed by atoms with Crippen LogP contribution in [0, 0.1) is 0 Å². The van der Waals surface area contributed by atoms with E-state index in [9.17, 15) is 5.11 Å². The van der Waals surface area contributed by atoms with Crippen LogP contribution in [0.2, 0.25) is 0 Å². The van der Waals surface area contributed by atoms with Gasteiger partial charge in [-0.05, 0) is 12.0 Å². The first kappa shape index (κ1) is 13.0. The van der Waals surface area contributed by atoms with E-state index in [0.717, 1.165) is 18.4 Å². The van der Waals surface area contributed by atoms with Crippen molar-refractivity contribution in [2.75, 3.05) is 0 Å². The molecule has 1 aromatic carbocycles. The van der Waals surface area contributed by atoms with E-state index in [0.29, 0.717) is 0 Å². The van der Waals surface area contributed by atoms with Gasteiger partial charge in [0.15, 0.2) is 0 Å². The first-order valence-electron chi connectivity index (χ1n) is 6.24. The third-order valence-corrected chi connectivity index (χ3v) is 2.66. The fourth-order valence-electron chi connectivity index (χ4n) is 1.66. The normalized spacial score (nSPS) is 13.1. The van der Waals surface area contributed by atoms with Crippen LogP contribution in [0.3, 0.4) is 0 Å². The SMILES string of the molecule is CCCCCCC(O)C=Cc1ccccc1. The molecule has 1 unspecified atom stereocenters. The van der Waals surface area contributed by atoms with Gasteiger partial charge in [-0.1, -0.05) is 75.1 Å². The van der Waals surface area contributed by atoms with Gasteiger partial charge in [-0.25, -0.2) is 0 Å². The molecule has 0 amide bonds. The van der Waals surface area contributed by atoms with Crippen LogP contribution in [0.5, 0.6) is 0 Å². The van der Waals surface area contributed by atoms with Crippen molar-refractivity contribution in [3.63, 3.8) is 0 Å². The molecule has 0 heterocycles. The van der Waals surface area contributed by atoms with Crippen LogP contribution in [0.4, 0.5) is 0 Å². The second kappa shape index (κ2) is 8.12. The average molecular weight is 218 g/mol. The van der Waals surface area contributed by atoms with Crippen molar-refractivity contribution < 1.29 is 5.11 Å². The molecule has 0 spiro atoms. The van der Waals surface area contributed by atoms with Crippen LogP contribution >= 0.6 is 0 Å². The predicted octanol–water partition coefficient (Wildman–Crippen LogP) is 4.03. The van der Waals surface area contributed by atoms with E-state index in [2.05, 4.69) is 6.92 Å². The van der Waals surface area contributed by atoms with Gasteiger partial charge in [-0.3, -0.25) is 0 Å². The summed E-state index contributed by atoms with van der Waals surface area (Å²) >= 11 is 0. The van der Waals surface area contributed by atoms with Gasteiger partial charge in [0.2, 0.25) is 0 Å². The van der Waals surface area contributed by atoms with E-state index >= 15 is 0 Å². The molecule has 0 fully saturated rings. The molecule has 0 aliphatic carbocycles. The van der Waals surface area contributed by atoms with Crippen molar-refractivity contribution in [2.45, 2.75) is 45.1 Å². The highest BCUT2D eigenvalue weighted by Gasteiger charge is 1.98. The average Bonchev–Trinajstić information content (AvgIpc) is 2.33. The first-order chi connectivity index (χ1) is 7.83. The van der Waals surface area contributed by atoms with Crippen molar-refractivity contribution >= 4 is 6.08 Å². The summed E-state index contributed by atoms with van der Waals surface area (Å²) in [7, 11) is 0. The van der Waals surface area contributed by atoms with Crippen molar-refractivity contribution in [1.82, 2.24) is 0 Å². The van der Waals surface area contributed by atoms with Gasteiger partial charge in [-0.15, -0.1) is 0 Å². The Morgan fingerprint density at radius 2 is 1.88 bits per heavy atom. The summed E-state index contributed by atoms with van der Waals surface area (Å²) in [5, 5.41) is 9.72. The third kappa shape index (κ3) is 5.72. The molecule has 0 bridgehead atoms. The molecule has 1 N–H and O–H groups in total. The quantitative estimate of drug-likeness (QED) is 0.685. The maximum atomic E-state index is 9.72. The molecule has 0 aromatic heterocycles. The summed E-state index contributed by atoms with van der Waals surface area (Å²) < 4.78 is 0. The third-order valence-electron chi connectivity index (χ3n) is 2.66. The van der Waals surface area contributed by atoms with Gasteiger partial charge in [0.05, 0.1) is 6.10 Å². The van der Waals surface area contributed by atoms with Crippen molar-refractivity contribution in [1.29, 1.82) is 0 Å². The summed E-state index contributed by atoms with van der Waals surface area (Å²) in [6.45, 7) is 2.20. The fourth-order valence-corrected chi connectivity index (χ4v) is 1.66. The van der Waals surface area contributed by atoms with Gasteiger partial charge in [0.25, 0.3) is 0 Å². The number of benzene rings is 1. The zero-order chi connectivity index (χ0) is 11.6. The summed E-state index contributed by atoms with van der Waals surface area (Å²) in [6, 6.07) is 10.1. The van der Waals surface area contributed by atoms with Crippen LogP contribution in [0.25, 0.3) is 6.08 Å². The minimum atomic E-state index is -0.294. The molecular formula is C15H22O.